The number of hydrogen-bond acceptors (Lipinski definition) is 6. The fraction of sp³-hybridized carbons (Fsp3) is 0.250. The zero-order chi connectivity index (χ0) is 20.5. The van der Waals surface area contributed by atoms with Gasteiger partial charge >= 0.3 is 0 Å². The number of benzene rings is 1. The van der Waals surface area contributed by atoms with Crippen LogP contribution in [0.25, 0.3) is 0 Å². The Morgan fingerprint density at radius 2 is 1.82 bits per heavy atom. The van der Waals surface area contributed by atoms with Crippen molar-refractivity contribution in [2.75, 3.05) is 11.9 Å². The van der Waals surface area contributed by atoms with Crippen LogP contribution in [0.5, 0.6) is 0 Å². The molecule has 5 N–H and O–H groups in total. The van der Waals surface area contributed by atoms with Gasteiger partial charge in [0.15, 0.2) is 6.10 Å². The molecule has 0 radical (unpaired) electrons. The fourth-order valence-corrected chi connectivity index (χ4v) is 2.23. The topological polar surface area (TPSA) is 118 Å². The molecular weight excluding hydrogens is 358 g/mol. The summed E-state index contributed by atoms with van der Waals surface area (Å²) in [6, 6.07) is 9.92. The Morgan fingerprint density at radius 3 is 2.43 bits per heavy atom. The first kappa shape index (κ1) is 21.1. The van der Waals surface area contributed by atoms with Crippen LogP contribution in [0.1, 0.15) is 35.8 Å². The van der Waals surface area contributed by atoms with Gasteiger partial charge in [0, 0.05) is 41.9 Å². The number of pyridine rings is 1. The molecule has 1 aromatic heterocycles. The zero-order valence-corrected chi connectivity index (χ0v) is 15.9. The van der Waals surface area contributed by atoms with Gasteiger partial charge in [0.2, 0.25) is 0 Å². The van der Waals surface area contributed by atoms with E-state index < -0.39 is 12.1 Å². The summed E-state index contributed by atoms with van der Waals surface area (Å²) in [4.78, 5) is 33.3. The first-order valence-electron chi connectivity index (χ1n) is 8.78. The summed E-state index contributed by atoms with van der Waals surface area (Å²) in [5.74, 6) is -0.520. The normalized spacial score (nSPS) is 12.5. The lowest BCUT2D eigenvalue weighted by Gasteiger charge is -2.17. The van der Waals surface area contributed by atoms with Gasteiger partial charge < -0.3 is 16.4 Å². The van der Waals surface area contributed by atoms with Crippen molar-refractivity contribution in [1.29, 1.82) is 0 Å². The molecule has 0 aliphatic carbocycles. The van der Waals surface area contributed by atoms with E-state index >= 15 is 0 Å². The molecule has 1 aromatic carbocycles. The smallest absolute Gasteiger partial charge is 0.255 e. The molecule has 2 amide bonds. The molecule has 0 saturated carbocycles. The lowest BCUT2D eigenvalue weighted by atomic mass is 10.0. The zero-order valence-electron chi connectivity index (χ0n) is 15.9. The summed E-state index contributed by atoms with van der Waals surface area (Å²) < 4.78 is 0. The second-order valence-electron chi connectivity index (χ2n) is 6.31. The Morgan fingerprint density at radius 1 is 1.18 bits per heavy atom. The van der Waals surface area contributed by atoms with Crippen molar-refractivity contribution in [3.8, 4) is 0 Å². The first-order chi connectivity index (χ1) is 13.4. The van der Waals surface area contributed by atoms with Gasteiger partial charge in [-0.1, -0.05) is 18.7 Å². The van der Waals surface area contributed by atoms with E-state index in [4.69, 9.17) is 10.6 Å². The van der Waals surface area contributed by atoms with Gasteiger partial charge in [0.05, 0.1) is 0 Å². The number of allylic oxidation sites excluding steroid dienone is 1. The van der Waals surface area contributed by atoms with E-state index in [0.29, 0.717) is 16.9 Å². The van der Waals surface area contributed by atoms with E-state index in [0.717, 1.165) is 5.56 Å². The van der Waals surface area contributed by atoms with Gasteiger partial charge in [-0.05, 0) is 43.7 Å². The molecule has 1 heterocycles. The number of anilines is 1. The van der Waals surface area contributed by atoms with Gasteiger partial charge in [0.1, 0.15) is 0 Å². The molecule has 0 aliphatic rings. The fourth-order valence-electron chi connectivity index (χ4n) is 2.23. The molecule has 28 heavy (non-hydrogen) atoms. The van der Waals surface area contributed by atoms with Gasteiger partial charge in [-0.25, -0.2) is 0 Å². The van der Waals surface area contributed by atoms with E-state index in [1.807, 2.05) is 0 Å². The van der Waals surface area contributed by atoms with E-state index in [9.17, 15) is 9.59 Å². The molecular formula is C20H25N5O3. The number of aromatic nitrogens is 1. The molecule has 2 unspecified atom stereocenters. The minimum absolute atomic E-state index is 0.226. The average molecular weight is 383 g/mol. The Hall–Kier alpha value is -3.23. The van der Waals surface area contributed by atoms with Crippen LogP contribution in [0.15, 0.2) is 61.1 Å². The number of nitrogens with zero attached hydrogens (tertiary/aromatic N) is 1. The van der Waals surface area contributed by atoms with Crippen molar-refractivity contribution >= 4 is 17.5 Å². The predicted molar refractivity (Wildman–Crippen MR) is 107 cm³/mol. The predicted octanol–water partition coefficient (Wildman–Crippen LogP) is 1.89. The minimum Gasteiger partial charge on any atom is -0.352 e. The summed E-state index contributed by atoms with van der Waals surface area (Å²) in [5, 5.41) is 5.52. The van der Waals surface area contributed by atoms with E-state index in [1.54, 1.807) is 62.6 Å². The molecule has 0 bridgehead atoms. The molecule has 8 heteroatoms. The Labute approximate surface area is 164 Å². The summed E-state index contributed by atoms with van der Waals surface area (Å²) in [6.45, 7) is 7.20. The van der Waals surface area contributed by atoms with Crippen LogP contribution in [0, 0.1) is 0 Å². The monoisotopic (exact) mass is 383 g/mol. The van der Waals surface area contributed by atoms with Crippen LogP contribution in [0.3, 0.4) is 0 Å². The summed E-state index contributed by atoms with van der Waals surface area (Å²) in [5.41, 5.74) is 11.2. The van der Waals surface area contributed by atoms with Gasteiger partial charge in [-0.3, -0.25) is 24.9 Å². The van der Waals surface area contributed by atoms with Gasteiger partial charge in [0.25, 0.3) is 11.8 Å². The van der Waals surface area contributed by atoms with E-state index in [-0.39, 0.29) is 18.4 Å². The summed E-state index contributed by atoms with van der Waals surface area (Å²) >= 11 is 0. The van der Waals surface area contributed by atoms with Gasteiger partial charge in [-0.15, -0.1) is 0 Å². The van der Waals surface area contributed by atoms with Gasteiger partial charge in [-0.2, -0.15) is 0 Å². The average Bonchev–Trinajstić information content (AvgIpc) is 2.70. The lowest BCUT2D eigenvalue weighted by Crippen LogP contribution is -2.40. The second-order valence-corrected chi connectivity index (χ2v) is 6.31. The third kappa shape index (κ3) is 6.49. The Bertz CT molecular complexity index is 808. The lowest BCUT2D eigenvalue weighted by molar-refractivity contribution is -0.135. The number of carbonyl (C=O) groups excluding carboxylic acids is 2. The number of nitrogens with one attached hydrogen (secondary N) is 3. The number of hydrogen-bond donors (Lipinski definition) is 4. The maximum absolute atomic E-state index is 12.2. The summed E-state index contributed by atoms with van der Waals surface area (Å²) in [6.07, 6.45) is 2.52. The number of amides is 2. The molecule has 0 aliphatic heterocycles. The van der Waals surface area contributed by atoms with Crippen molar-refractivity contribution in [3.63, 3.8) is 0 Å². The first-order valence-corrected chi connectivity index (χ1v) is 8.78. The number of carbonyl (C=O) groups is 2. The van der Waals surface area contributed by atoms with Crippen LogP contribution in [0.2, 0.25) is 0 Å². The molecule has 0 fully saturated rings. The highest BCUT2D eigenvalue weighted by Gasteiger charge is 2.16. The molecule has 2 aromatic rings. The molecule has 2 atom stereocenters. The molecule has 2 rings (SSSR count). The third-order valence-corrected chi connectivity index (χ3v) is 3.81. The SMILES string of the molecule is C=C(C)NOC(C)C(=O)NCC(N)c1ccc(C(=O)Nc2ccncc2)cc1. The minimum atomic E-state index is -0.692. The molecule has 0 saturated heterocycles. The van der Waals surface area contributed by atoms with Crippen LogP contribution < -0.4 is 21.8 Å². The largest absolute Gasteiger partial charge is 0.352 e. The van der Waals surface area contributed by atoms with Crippen LogP contribution in [-0.2, 0) is 9.63 Å². The highest BCUT2D eigenvalue weighted by molar-refractivity contribution is 6.04. The van der Waals surface area contributed by atoms with Crippen molar-refractivity contribution in [1.82, 2.24) is 15.8 Å². The van der Waals surface area contributed by atoms with Crippen molar-refractivity contribution < 1.29 is 14.4 Å². The van der Waals surface area contributed by atoms with Crippen LogP contribution in [0.4, 0.5) is 5.69 Å². The van der Waals surface area contributed by atoms with Crippen molar-refractivity contribution in [2.45, 2.75) is 26.0 Å². The number of hydroxylamine groups is 1. The van der Waals surface area contributed by atoms with Crippen molar-refractivity contribution in [2.24, 2.45) is 5.73 Å². The van der Waals surface area contributed by atoms with Crippen LogP contribution in [-0.4, -0.2) is 29.4 Å². The van der Waals surface area contributed by atoms with Crippen LogP contribution >= 0.6 is 0 Å². The molecule has 0 spiro atoms. The Balaban J connectivity index is 1.85. The van der Waals surface area contributed by atoms with Crippen molar-refractivity contribution in [3.05, 3.63) is 72.2 Å². The molecule has 8 nitrogen and oxygen atoms in total. The Kier molecular flexibility index (Phi) is 7.67. The number of nitrogens with two attached hydrogens (primary N) is 1. The highest BCUT2D eigenvalue weighted by atomic mass is 16.7. The van der Waals surface area contributed by atoms with E-state index in [1.165, 1.54) is 0 Å². The third-order valence-electron chi connectivity index (χ3n) is 3.81. The van der Waals surface area contributed by atoms with E-state index in [2.05, 4.69) is 27.7 Å². The maximum atomic E-state index is 12.2. The number of rotatable bonds is 9. The summed E-state index contributed by atoms with van der Waals surface area (Å²) in [7, 11) is 0. The highest BCUT2D eigenvalue weighted by Crippen LogP contribution is 2.13. The standard InChI is InChI=1S/C20H25N5O3/c1-13(2)25-28-14(3)19(26)23-12-18(21)15-4-6-16(7-5-15)20(27)24-17-8-10-22-11-9-17/h4-11,14,18,25H,1,12,21H2,2-3H3,(H,23,26)(H,22,24,27). The maximum Gasteiger partial charge on any atom is 0.255 e. The second kappa shape index (κ2) is 10.2. The quantitative estimate of drug-likeness (QED) is 0.491. The molecule has 148 valence electrons.